The van der Waals surface area contributed by atoms with Gasteiger partial charge in [-0.25, -0.2) is 8.42 Å². The molecule has 0 bridgehead atoms. The predicted octanol–water partition coefficient (Wildman–Crippen LogP) is 5.83. The monoisotopic (exact) mass is 568 g/mol. The zero-order chi connectivity index (χ0) is 28.2. The van der Waals surface area contributed by atoms with Crippen LogP contribution < -0.4 is 0 Å². The molecule has 0 atom stereocenters. The van der Waals surface area contributed by atoms with Gasteiger partial charge in [-0.3, -0.25) is 0 Å². The predicted molar refractivity (Wildman–Crippen MR) is 76.8 cm³/mol. The van der Waals surface area contributed by atoms with Crippen LogP contribution in [0.4, 0.5) is 74.6 Å². The highest BCUT2D eigenvalue weighted by atomic mass is 32.2. The Bertz CT molecular complexity index is 833. The average molecular weight is 568 g/mol. The molecule has 0 rings (SSSR count). The molecule has 3 nitrogen and oxygen atoms in total. The number of nitrogens with zero attached hydrogens (tertiary/aromatic N) is 1. The van der Waals surface area contributed by atoms with E-state index in [4.69, 9.17) is 0 Å². The molecule has 34 heavy (non-hydrogen) atoms. The molecule has 1 radical (unpaired) electrons. The van der Waals surface area contributed by atoms with E-state index in [1.54, 1.807) is 0 Å². The molecule has 0 saturated heterocycles. The van der Waals surface area contributed by atoms with E-state index in [0.717, 1.165) is 6.92 Å². The third-order valence-corrected chi connectivity index (χ3v) is 6.03. The summed E-state index contributed by atoms with van der Waals surface area (Å²) < 4.78 is 246. The molecule has 0 spiro atoms. The molecule has 0 fully saturated rings. The molecular weight excluding hydrogens is 557 g/mol. The summed E-state index contributed by atoms with van der Waals surface area (Å²) in [5.41, 5.74) is 0. The zero-order valence-electron chi connectivity index (χ0n) is 15.9. The fourth-order valence-corrected chi connectivity index (χ4v) is 3.51. The van der Waals surface area contributed by atoms with E-state index in [0.29, 0.717) is 0 Å². The van der Waals surface area contributed by atoms with Crippen LogP contribution in [0.25, 0.3) is 0 Å². The molecule has 0 aromatic heterocycles. The Hall–Kier alpha value is -1.28. The summed E-state index contributed by atoms with van der Waals surface area (Å²) in [6.07, 6.45) is -8.41. The normalized spacial score (nSPS) is 16.4. The lowest BCUT2D eigenvalue weighted by Crippen LogP contribution is -2.75. The molecular formula is C13H11F17NO2S. The zero-order valence-corrected chi connectivity index (χ0v) is 16.7. The molecule has 205 valence electrons. The molecule has 0 aromatic carbocycles. The number of hydrogen-bond donors (Lipinski definition) is 0. The van der Waals surface area contributed by atoms with Crippen molar-refractivity contribution in [3.8, 4) is 0 Å². The molecule has 0 aliphatic carbocycles. The standard InChI is InChI=1S/C13H11F17NO2S/c1-3-5-31(4-2)34(32,33)13(29,30)11(24,25)9(20,21)7(16,17)6(14,15)8(18,19)10(22,23)12(26,27)28/h2-5H2,1H3. The number of sulfonamides is 1. The van der Waals surface area contributed by atoms with Crippen LogP contribution in [-0.2, 0) is 10.0 Å². The van der Waals surface area contributed by atoms with Crippen LogP contribution in [0.3, 0.4) is 0 Å². The van der Waals surface area contributed by atoms with Crippen LogP contribution in [0.15, 0.2) is 0 Å². The van der Waals surface area contributed by atoms with E-state index < -0.39 is 80.8 Å². The molecule has 0 aliphatic rings. The Kier molecular flexibility index (Phi) is 8.35. The third-order valence-electron chi connectivity index (χ3n) is 4.08. The van der Waals surface area contributed by atoms with Gasteiger partial charge in [0.2, 0.25) is 0 Å². The molecule has 0 heterocycles. The largest absolute Gasteiger partial charge is 0.460 e. The first-order valence-corrected chi connectivity index (χ1v) is 9.46. The topological polar surface area (TPSA) is 37.4 Å². The molecule has 0 N–H and O–H groups in total. The van der Waals surface area contributed by atoms with E-state index in [2.05, 4.69) is 6.92 Å². The van der Waals surface area contributed by atoms with E-state index in [1.165, 1.54) is 0 Å². The smallest absolute Gasteiger partial charge is 0.206 e. The van der Waals surface area contributed by atoms with Gasteiger partial charge in [-0.05, 0) is 13.3 Å². The summed E-state index contributed by atoms with van der Waals surface area (Å²) in [6, 6.07) is 0. The van der Waals surface area contributed by atoms with Crippen LogP contribution in [0.5, 0.6) is 0 Å². The van der Waals surface area contributed by atoms with Crippen molar-refractivity contribution in [2.75, 3.05) is 13.1 Å². The number of alkyl halides is 17. The SMILES string of the molecule is [CH2]CN(CCC)S(=O)(=O)C(F)(F)C(F)(F)C(F)(F)C(F)(F)C(F)(F)C(F)(F)C(F)(F)C(F)(F)F. The van der Waals surface area contributed by atoms with Gasteiger partial charge in [-0.2, -0.15) is 78.9 Å². The van der Waals surface area contributed by atoms with Crippen molar-refractivity contribution in [1.29, 1.82) is 0 Å². The minimum atomic E-state index is -8.83. The summed E-state index contributed by atoms with van der Waals surface area (Å²) in [5.74, 6) is -51.6. The third kappa shape index (κ3) is 4.06. The Balaban J connectivity index is 7.01. The minimum absolute atomic E-state index is 0.542. The quantitative estimate of drug-likeness (QED) is 0.295. The van der Waals surface area contributed by atoms with Gasteiger partial charge < -0.3 is 0 Å². The highest BCUT2D eigenvalue weighted by Crippen LogP contribution is 2.64. The van der Waals surface area contributed by atoms with Gasteiger partial charge in [0.25, 0.3) is 10.0 Å². The molecule has 0 amide bonds. The highest BCUT2D eigenvalue weighted by molar-refractivity contribution is 7.90. The fraction of sp³-hybridized carbons (Fsp3) is 0.923. The minimum Gasteiger partial charge on any atom is -0.206 e. The van der Waals surface area contributed by atoms with Crippen molar-refractivity contribution < 1.29 is 83.1 Å². The molecule has 21 heteroatoms. The van der Waals surface area contributed by atoms with E-state index in [9.17, 15) is 83.1 Å². The van der Waals surface area contributed by atoms with Crippen molar-refractivity contribution in [2.45, 2.75) is 60.3 Å². The van der Waals surface area contributed by atoms with Crippen molar-refractivity contribution in [2.24, 2.45) is 0 Å². The number of hydrogen-bond acceptors (Lipinski definition) is 2. The Labute approximate surface area is 178 Å². The second-order valence-electron chi connectivity index (χ2n) is 6.36. The first-order chi connectivity index (χ1) is 14.5. The van der Waals surface area contributed by atoms with Gasteiger partial charge in [0.15, 0.2) is 0 Å². The van der Waals surface area contributed by atoms with E-state index in [-0.39, 0.29) is 0 Å². The van der Waals surface area contributed by atoms with Gasteiger partial charge in [-0.1, -0.05) is 6.92 Å². The van der Waals surface area contributed by atoms with E-state index in [1.807, 2.05) is 0 Å². The maximum Gasteiger partial charge on any atom is 0.460 e. The lowest BCUT2D eigenvalue weighted by Gasteiger charge is -2.43. The van der Waals surface area contributed by atoms with Crippen molar-refractivity contribution in [1.82, 2.24) is 4.31 Å². The summed E-state index contributed by atoms with van der Waals surface area (Å²) in [6.45, 7) is 0.889. The first-order valence-electron chi connectivity index (χ1n) is 8.02. The maximum atomic E-state index is 13.9. The molecule has 0 aliphatic heterocycles. The summed E-state index contributed by atoms with van der Waals surface area (Å²) >= 11 is 0. The van der Waals surface area contributed by atoms with E-state index >= 15 is 0 Å². The maximum absolute atomic E-state index is 13.9. The second kappa shape index (κ2) is 8.68. The van der Waals surface area contributed by atoms with Gasteiger partial charge >= 0.3 is 47.0 Å². The van der Waals surface area contributed by atoms with Crippen LogP contribution in [0, 0.1) is 6.92 Å². The van der Waals surface area contributed by atoms with Gasteiger partial charge in [0.05, 0.1) is 0 Å². The molecule has 0 saturated carbocycles. The Morgan fingerprint density at radius 2 is 0.882 bits per heavy atom. The van der Waals surface area contributed by atoms with Crippen molar-refractivity contribution >= 4 is 10.0 Å². The highest BCUT2D eigenvalue weighted by Gasteiger charge is 2.96. The summed E-state index contributed by atoms with van der Waals surface area (Å²) in [4.78, 5) is 0. The number of halogens is 17. The fourth-order valence-electron chi connectivity index (χ4n) is 2.08. The first kappa shape index (κ1) is 32.7. The van der Waals surface area contributed by atoms with Crippen LogP contribution in [0.1, 0.15) is 13.3 Å². The second-order valence-corrected chi connectivity index (χ2v) is 8.34. The average Bonchev–Trinajstić information content (AvgIpc) is 2.63. The summed E-state index contributed by atoms with van der Waals surface area (Å²) in [7, 11) is -7.23. The summed E-state index contributed by atoms with van der Waals surface area (Å²) in [5, 5.41) is -7.53. The van der Waals surface area contributed by atoms with Crippen LogP contribution in [0.2, 0.25) is 0 Å². The number of rotatable bonds is 11. The lowest BCUT2D eigenvalue weighted by atomic mass is 9.91. The van der Waals surface area contributed by atoms with Crippen molar-refractivity contribution in [3.63, 3.8) is 0 Å². The lowest BCUT2D eigenvalue weighted by molar-refractivity contribution is -0.458. The van der Waals surface area contributed by atoms with Gasteiger partial charge in [0, 0.05) is 13.1 Å². The van der Waals surface area contributed by atoms with Gasteiger partial charge in [-0.15, -0.1) is 0 Å². The van der Waals surface area contributed by atoms with Gasteiger partial charge in [0.1, 0.15) is 0 Å². The molecule has 0 aromatic rings. The van der Waals surface area contributed by atoms with Crippen LogP contribution in [-0.4, -0.2) is 72.8 Å². The van der Waals surface area contributed by atoms with Crippen molar-refractivity contribution in [3.05, 3.63) is 6.92 Å². The van der Waals surface area contributed by atoms with Crippen LogP contribution >= 0.6 is 0 Å². The molecule has 0 unspecified atom stereocenters. The Morgan fingerprint density at radius 3 is 1.15 bits per heavy atom. The Morgan fingerprint density at radius 1 is 0.588 bits per heavy atom.